The Morgan fingerprint density at radius 2 is 2.00 bits per heavy atom. The predicted octanol–water partition coefficient (Wildman–Crippen LogP) is 4.82. The van der Waals surface area contributed by atoms with Crippen LogP contribution in [-0.2, 0) is 21.3 Å². The van der Waals surface area contributed by atoms with Crippen LogP contribution in [0.2, 0.25) is 0 Å². The van der Waals surface area contributed by atoms with E-state index in [2.05, 4.69) is 21.9 Å². The molecule has 1 aliphatic rings. The van der Waals surface area contributed by atoms with Gasteiger partial charge in [0.05, 0.1) is 16.7 Å². The van der Waals surface area contributed by atoms with E-state index in [0.29, 0.717) is 12.3 Å². The number of hydrogen-bond acceptors (Lipinski definition) is 8. The number of hydrogen-bond donors (Lipinski definition) is 2. The second kappa shape index (κ2) is 12.9. The smallest absolute Gasteiger partial charge is 0.281 e. The summed E-state index contributed by atoms with van der Waals surface area (Å²) in [6, 6.07) is 7.76. The molecule has 1 aromatic carbocycles. The maximum atomic E-state index is 13.2. The first kappa shape index (κ1) is 28.5. The van der Waals surface area contributed by atoms with Crippen molar-refractivity contribution in [3.05, 3.63) is 45.7 Å². The van der Waals surface area contributed by atoms with Crippen LogP contribution in [0.3, 0.4) is 0 Å². The summed E-state index contributed by atoms with van der Waals surface area (Å²) in [5.74, 6) is -0.185. The molecular weight excluding hydrogens is 494 g/mol. The zero-order valence-electron chi connectivity index (χ0n) is 21.6. The van der Waals surface area contributed by atoms with Gasteiger partial charge in [-0.3, -0.25) is 9.36 Å². The van der Waals surface area contributed by atoms with E-state index in [1.165, 1.54) is 28.8 Å². The zero-order valence-corrected chi connectivity index (χ0v) is 22.4. The van der Waals surface area contributed by atoms with Crippen molar-refractivity contribution >= 4 is 21.4 Å². The fourth-order valence-corrected chi connectivity index (χ4v) is 5.36. The molecule has 2 N–H and O–H groups in total. The predicted molar refractivity (Wildman–Crippen MR) is 140 cm³/mol. The van der Waals surface area contributed by atoms with E-state index in [1.807, 2.05) is 13.0 Å². The van der Waals surface area contributed by atoms with Gasteiger partial charge in [-0.2, -0.15) is 10.4 Å². The molecule has 10 nitrogen and oxygen atoms in total. The van der Waals surface area contributed by atoms with Crippen LogP contribution in [0.1, 0.15) is 63.5 Å². The molecule has 1 fully saturated rings. The molecule has 0 aliphatic carbocycles. The topological polar surface area (TPSA) is 146 Å². The van der Waals surface area contributed by atoms with Gasteiger partial charge < -0.3 is 9.84 Å². The van der Waals surface area contributed by atoms with E-state index in [0.717, 1.165) is 38.5 Å². The van der Waals surface area contributed by atoms with Crippen LogP contribution in [0.25, 0.3) is 0 Å². The van der Waals surface area contributed by atoms with Crippen molar-refractivity contribution < 1.29 is 18.3 Å². The Kier molecular flexibility index (Phi) is 9.97. The molecule has 37 heavy (non-hydrogen) atoms. The highest BCUT2D eigenvalue weighted by Gasteiger charge is 2.22. The summed E-state index contributed by atoms with van der Waals surface area (Å²) in [6.45, 7) is 6.81. The summed E-state index contributed by atoms with van der Waals surface area (Å²) in [6.07, 6.45) is 5.40. The number of azo groups is 1. The molecule has 0 radical (unpaired) electrons. The van der Waals surface area contributed by atoms with Gasteiger partial charge in [-0.15, -0.1) is 5.11 Å². The number of unbranched alkanes of at least 4 members (excludes halogenated alkanes) is 1. The fourth-order valence-electron chi connectivity index (χ4n) is 4.29. The minimum Gasteiger partial charge on any atom is -0.493 e. The van der Waals surface area contributed by atoms with Gasteiger partial charge in [0, 0.05) is 25.3 Å². The van der Waals surface area contributed by atoms with Gasteiger partial charge >= 0.3 is 0 Å². The molecule has 200 valence electrons. The summed E-state index contributed by atoms with van der Waals surface area (Å²) in [5, 5.41) is 28.5. The van der Waals surface area contributed by atoms with Gasteiger partial charge in [0.1, 0.15) is 11.6 Å². The SMILES string of the molecule is CCCCC(CC)Cn1c(O)c(C#N)c(C)c(N=Nc2ccc(S(=O)(=O)NCC3CCCO3)cc2)c1=O. The lowest BCUT2D eigenvalue weighted by atomic mass is 9.99. The van der Waals surface area contributed by atoms with Crippen LogP contribution < -0.4 is 10.3 Å². The third kappa shape index (κ3) is 7.03. The average molecular weight is 530 g/mol. The molecule has 2 aromatic rings. The zero-order chi connectivity index (χ0) is 27.0. The lowest BCUT2D eigenvalue weighted by Gasteiger charge is -2.19. The van der Waals surface area contributed by atoms with Gasteiger partial charge in [0.25, 0.3) is 5.56 Å². The first-order valence-electron chi connectivity index (χ1n) is 12.7. The number of nitriles is 1. The molecule has 1 saturated heterocycles. The number of nitrogens with one attached hydrogen (secondary N) is 1. The summed E-state index contributed by atoms with van der Waals surface area (Å²) < 4.78 is 34.4. The Bertz CT molecular complexity index is 1310. The first-order valence-corrected chi connectivity index (χ1v) is 14.2. The Balaban J connectivity index is 1.84. The Morgan fingerprint density at radius 3 is 2.59 bits per heavy atom. The standard InChI is InChI=1S/C26H35N5O5S/c1-4-6-8-19(5-2)17-31-25(32)23(15-27)18(3)24(26(31)33)30-29-20-10-12-22(13-11-20)37(34,35)28-16-21-9-7-14-36-21/h10-13,19,21,28,32H,4-9,14,16-17H2,1-3H3. The van der Waals surface area contributed by atoms with E-state index in [-0.39, 0.29) is 52.7 Å². The summed E-state index contributed by atoms with van der Waals surface area (Å²) in [7, 11) is -3.70. The molecule has 0 spiro atoms. The van der Waals surface area contributed by atoms with Gasteiger partial charge in [0.2, 0.25) is 15.9 Å². The molecule has 1 aliphatic heterocycles. The van der Waals surface area contributed by atoms with Crippen molar-refractivity contribution in [2.75, 3.05) is 13.2 Å². The van der Waals surface area contributed by atoms with Crippen LogP contribution in [0.5, 0.6) is 5.88 Å². The molecule has 0 saturated carbocycles. The largest absolute Gasteiger partial charge is 0.493 e. The quantitative estimate of drug-likeness (QED) is 0.377. The second-order valence-corrected chi connectivity index (χ2v) is 11.1. The van der Waals surface area contributed by atoms with Gasteiger partial charge in [-0.1, -0.05) is 33.1 Å². The Morgan fingerprint density at radius 1 is 1.27 bits per heavy atom. The first-order chi connectivity index (χ1) is 17.7. The van der Waals surface area contributed by atoms with Gasteiger partial charge in [-0.25, -0.2) is 13.1 Å². The highest BCUT2D eigenvalue weighted by Crippen LogP contribution is 2.28. The Labute approximate surface area is 218 Å². The molecule has 11 heteroatoms. The Hall–Kier alpha value is -3.07. The highest BCUT2D eigenvalue weighted by atomic mass is 32.2. The van der Waals surface area contributed by atoms with Crippen molar-refractivity contribution in [1.82, 2.24) is 9.29 Å². The van der Waals surface area contributed by atoms with E-state index in [9.17, 15) is 23.6 Å². The maximum Gasteiger partial charge on any atom is 0.281 e. The van der Waals surface area contributed by atoms with E-state index in [1.54, 1.807) is 6.92 Å². The number of sulfonamides is 1. The lowest BCUT2D eigenvalue weighted by molar-refractivity contribution is 0.114. The number of aromatic hydroxyl groups is 1. The van der Waals surface area contributed by atoms with Crippen molar-refractivity contribution in [2.45, 2.75) is 76.8 Å². The molecule has 3 rings (SSSR count). The third-order valence-corrected chi connectivity index (χ3v) is 8.13. The van der Waals surface area contributed by atoms with Crippen molar-refractivity contribution in [2.24, 2.45) is 16.1 Å². The van der Waals surface area contributed by atoms with E-state index >= 15 is 0 Å². The fraction of sp³-hybridized carbons (Fsp3) is 0.538. The van der Waals surface area contributed by atoms with Crippen LogP contribution in [0.4, 0.5) is 11.4 Å². The van der Waals surface area contributed by atoms with Crippen LogP contribution in [-0.4, -0.2) is 37.3 Å². The molecule has 2 unspecified atom stereocenters. The maximum absolute atomic E-state index is 13.2. The number of aromatic nitrogens is 1. The molecule has 2 heterocycles. The average Bonchev–Trinajstić information content (AvgIpc) is 3.42. The highest BCUT2D eigenvalue weighted by molar-refractivity contribution is 7.89. The van der Waals surface area contributed by atoms with E-state index < -0.39 is 15.6 Å². The minimum absolute atomic E-state index is 0.0161. The number of benzene rings is 1. The summed E-state index contributed by atoms with van der Waals surface area (Å²) in [5.41, 5.74) is 0.00558. The molecule has 0 amide bonds. The van der Waals surface area contributed by atoms with Crippen LogP contribution in [0, 0.1) is 24.2 Å². The number of ether oxygens (including phenoxy) is 1. The summed E-state index contributed by atoms with van der Waals surface area (Å²) >= 11 is 0. The van der Waals surface area contributed by atoms with Crippen LogP contribution in [0.15, 0.2) is 44.2 Å². The van der Waals surface area contributed by atoms with Gasteiger partial charge in [-0.05, 0) is 56.4 Å². The molecule has 2 atom stereocenters. The number of nitrogens with zero attached hydrogens (tertiary/aromatic N) is 4. The molecular formula is C26H35N5O5S. The van der Waals surface area contributed by atoms with Crippen molar-refractivity contribution in [3.8, 4) is 11.9 Å². The number of pyridine rings is 1. The van der Waals surface area contributed by atoms with Crippen LogP contribution >= 0.6 is 0 Å². The molecule has 0 bridgehead atoms. The van der Waals surface area contributed by atoms with Crippen molar-refractivity contribution in [1.29, 1.82) is 5.26 Å². The minimum atomic E-state index is -3.70. The molecule has 1 aromatic heterocycles. The normalized spacial score (nSPS) is 16.8. The third-order valence-electron chi connectivity index (χ3n) is 6.69. The second-order valence-electron chi connectivity index (χ2n) is 9.30. The monoisotopic (exact) mass is 529 g/mol. The lowest BCUT2D eigenvalue weighted by Crippen LogP contribution is -2.31. The number of rotatable bonds is 12. The van der Waals surface area contributed by atoms with Gasteiger partial charge in [0.15, 0.2) is 5.69 Å². The van der Waals surface area contributed by atoms with E-state index in [4.69, 9.17) is 4.74 Å². The van der Waals surface area contributed by atoms with Crippen molar-refractivity contribution in [3.63, 3.8) is 0 Å². The summed E-state index contributed by atoms with van der Waals surface area (Å²) in [4.78, 5) is 13.3.